The molecule has 0 aromatic heterocycles. The first-order valence-electron chi connectivity index (χ1n) is 7.25. The minimum Gasteiger partial charge on any atom is -0.377 e. The predicted octanol–water partition coefficient (Wildman–Crippen LogP) is 3.11. The topological polar surface area (TPSA) is 21.3 Å². The van der Waals surface area contributed by atoms with Crippen molar-refractivity contribution in [2.75, 3.05) is 13.2 Å². The van der Waals surface area contributed by atoms with E-state index in [1.54, 1.807) is 0 Å². The van der Waals surface area contributed by atoms with Gasteiger partial charge < -0.3 is 10.1 Å². The van der Waals surface area contributed by atoms with Crippen molar-refractivity contribution in [2.45, 2.75) is 70.4 Å². The highest BCUT2D eigenvalue weighted by Crippen LogP contribution is 2.29. The van der Waals surface area contributed by atoms with Gasteiger partial charge in [-0.2, -0.15) is 0 Å². The van der Waals surface area contributed by atoms with E-state index in [0.29, 0.717) is 12.1 Å². The maximum Gasteiger partial charge on any atom is 0.0626 e. The van der Waals surface area contributed by atoms with Gasteiger partial charge >= 0.3 is 0 Å². The van der Waals surface area contributed by atoms with Crippen LogP contribution in [0.2, 0.25) is 0 Å². The largest absolute Gasteiger partial charge is 0.377 e. The summed E-state index contributed by atoms with van der Waals surface area (Å²) in [7, 11) is 0. The van der Waals surface area contributed by atoms with Gasteiger partial charge in [-0.3, -0.25) is 0 Å². The van der Waals surface area contributed by atoms with Crippen molar-refractivity contribution in [2.24, 2.45) is 5.92 Å². The maximum absolute atomic E-state index is 6.07. The molecule has 2 heteroatoms. The second-order valence-electron chi connectivity index (χ2n) is 5.45. The number of hydrogen-bond acceptors (Lipinski definition) is 2. The van der Waals surface area contributed by atoms with Crippen LogP contribution < -0.4 is 5.32 Å². The predicted molar refractivity (Wildman–Crippen MR) is 67.6 cm³/mol. The van der Waals surface area contributed by atoms with Crippen LogP contribution in [0.15, 0.2) is 0 Å². The minimum absolute atomic E-state index is 0.572. The molecule has 0 saturated heterocycles. The van der Waals surface area contributed by atoms with Crippen LogP contribution >= 0.6 is 0 Å². The molecule has 2 fully saturated rings. The summed E-state index contributed by atoms with van der Waals surface area (Å²) in [5.41, 5.74) is 0. The SMILES string of the molecule is CCNC(COC1CCCC1)C1CCCC1. The van der Waals surface area contributed by atoms with Crippen molar-refractivity contribution in [1.29, 1.82) is 0 Å². The van der Waals surface area contributed by atoms with Gasteiger partial charge in [0.1, 0.15) is 0 Å². The zero-order valence-electron chi connectivity index (χ0n) is 10.7. The Morgan fingerprint density at radius 1 is 1.06 bits per heavy atom. The van der Waals surface area contributed by atoms with Gasteiger partial charge in [0.15, 0.2) is 0 Å². The van der Waals surface area contributed by atoms with Crippen LogP contribution in [0.1, 0.15) is 58.3 Å². The molecular weight excluding hydrogens is 198 g/mol. The number of rotatable bonds is 6. The van der Waals surface area contributed by atoms with Gasteiger partial charge in [0.05, 0.1) is 12.7 Å². The Kier molecular flexibility index (Phi) is 5.11. The highest BCUT2D eigenvalue weighted by atomic mass is 16.5. The van der Waals surface area contributed by atoms with Gasteiger partial charge in [0.2, 0.25) is 0 Å². The molecular formula is C14H27NO. The Labute approximate surface area is 100 Å². The third kappa shape index (κ3) is 3.46. The number of hydrogen-bond donors (Lipinski definition) is 1. The highest BCUT2D eigenvalue weighted by molar-refractivity contribution is 4.81. The molecule has 1 atom stereocenters. The lowest BCUT2D eigenvalue weighted by molar-refractivity contribution is 0.0322. The Morgan fingerprint density at radius 2 is 1.69 bits per heavy atom. The van der Waals surface area contributed by atoms with E-state index in [-0.39, 0.29) is 0 Å². The van der Waals surface area contributed by atoms with E-state index in [1.165, 1.54) is 51.4 Å². The minimum atomic E-state index is 0.572. The molecule has 0 heterocycles. The molecule has 2 saturated carbocycles. The van der Waals surface area contributed by atoms with Crippen LogP contribution in [0.4, 0.5) is 0 Å². The lowest BCUT2D eigenvalue weighted by atomic mass is 9.99. The Hall–Kier alpha value is -0.0800. The fraction of sp³-hybridized carbons (Fsp3) is 1.00. The van der Waals surface area contributed by atoms with E-state index >= 15 is 0 Å². The third-order valence-electron chi connectivity index (χ3n) is 4.25. The van der Waals surface area contributed by atoms with Crippen molar-refractivity contribution in [3.63, 3.8) is 0 Å². The van der Waals surface area contributed by atoms with Crippen LogP contribution in [0.25, 0.3) is 0 Å². The smallest absolute Gasteiger partial charge is 0.0626 e. The summed E-state index contributed by atoms with van der Waals surface area (Å²) in [4.78, 5) is 0. The molecule has 16 heavy (non-hydrogen) atoms. The lowest BCUT2D eigenvalue weighted by Gasteiger charge is -2.25. The summed E-state index contributed by atoms with van der Waals surface area (Å²) < 4.78 is 6.07. The molecule has 1 unspecified atom stereocenters. The van der Waals surface area contributed by atoms with Crippen molar-refractivity contribution >= 4 is 0 Å². The summed E-state index contributed by atoms with van der Waals surface area (Å²) in [5.74, 6) is 0.876. The molecule has 0 spiro atoms. The van der Waals surface area contributed by atoms with Gasteiger partial charge in [0, 0.05) is 6.04 Å². The fourth-order valence-corrected chi connectivity index (χ4v) is 3.28. The summed E-state index contributed by atoms with van der Waals surface area (Å²) in [6.07, 6.45) is 11.6. The van der Waals surface area contributed by atoms with E-state index in [2.05, 4.69) is 12.2 Å². The molecule has 1 N–H and O–H groups in total. The summed E-state index contributed by atoms with van der Waals surface area (Å²) in [6.45, 7) is 4.23. The van der Waals surface area contributed by atoms with E-state index < -0.39 is 0 Å². The second kappa shape index (κ2) is 6.61. The first-order valence-corrected chi connectivity index (χ1v) is 7.25. The quantitative estimate of drug-likeness (QED) is 0.750. The molecule has 2 nitrogen and oxygen atoms in total. The van der Waals surface area contributed by atoms with Gasteiger partial charge in [-0.15, -0.1) is 0 Å². The van der Waals surface area contributed by atoms with E-state index in [0.717, 1.165) is 19.1 Å². The van der Waals surface area contributed by atoms with Crippen LogP contribution in [0.3, 0.4) is 0 Å². The number of likely N-dealkylation sites (N-methyl/N-ethyl adjacent to an activating group) is 1. The summed E-state index contributed by atoms with van der Waals surface area (Å²) in [6, 6.07) is 0.619. The molecule has 0 aliphatic heterocycles. The van der Waals surface area contributed by atoms with Crippen molar-refractivity contribution in [3.05, 3.63) is 0 Å². The average Bonchev–Trinajstić information content (AvgIpc) is 2.96. The van der Waals surface area contributed by atoms with Crippen molar-refractivity contribution < 1.29 is 4.74 Å². The molecule has 0 amide bonds. The molecule has 0 aromatic rings. The normalized spacial score (nSPS) is 25.3. The third-order valence-corrected chi connectivity index (χ3v) is 4.25. The Bertz CT molecular complexity index is 183. The van der Waals surface area contributed by atoms with Crippen molar-refractivity contribution in [3.8, 4) is 0 Å². The van der Waals surface area contributed by atoms with Gasteiger partial charge in [-0.05, 0) is 38.1 Å². The summed E-state index contributed by atoms with van der Waals surface area (Å²) >= 11 is 0. The van der Waals surface area contributed by atoms with Gasteiger partial charge in [0.25, 0.3) is 0 Å². The monoisotopic (exact) mass is 225 g/mol. The molecule has 0 bridgehead atoms. The fourth-order valence-electron chi connectivity index (χ4n) is 3.28. The number of nitrogens with one attached hydrogen (secondary N) is 1. The van der Waals surface area contributed by atoms with Crippen LogP contribution in [0.5, 0.6) is 0 Å². The first kappa shape index (κ1) is 12.4. The van der Waals surface area contributed by atoms with Crippen LogP contribution in [0, 0.1) is 5.92 Å². The molecule has 0 aromatic carbocycles. The van der Waals surface area contributed by atoms with Gasteiger partial charge in [-0.1, -0.05) is 32.6 Å². The molecule has 2 aliphatic carbocycles. The van der Waals surface area contributed by atoms with E-state index in [9.17, 15) is 0 Å². The van der Waals surface area contributed by atoms with Gasteiger partial charge in [-0.25, -0.2) is 0 Å². The zero-order chi connectivity index (χ0) is 11.2. The highest BCUT2D eigenvalue weighted by Gasteiger charge is 2.26. The Morgan fingerprint density at radius 3 is 2.31 bits per heavy atom. The van der Waals surface area contributed by atoms with Crippen LogP contribution in [-0.4, -0.2) is 25.3 Å². The lowest BCUT2D eigenvalue weighted by Crippen LogP contribution is -2.39. The van der Waals surface area contributed by atoms with Crippen molar-refractivity contribution in [1.82, 2.24) is 5.32 Å². The van der Waals surface area contributed by atoms with E-state index in [1.807, 2.05) is 0 Å². The zero-order valence-corrected chi connectivity index (χ0v) is 10.7. The second-order valence-corrected chi connectivity index (χ2v) is 5.45. The maximum atomic E-state index is 6.07. The molecule has 0 radical (unpaired) electrons. The molecule has 2 rings (SSSR count). The number of ether oxygens (including phenoxy) is 1. The van der Waals surface area contributed by atoms with E-state index in [4.69, 9.17) is 4.74 Å². The van der Waals surface area contributed by atoms with Crippen LogP contribution in [-0.2, 0) is 4.74 Å². The molecule has 2 aliphatic rings. The summed E-state index contributed by atoms with van der Waals surface area (Å²) in [5, 5.41) is 3.62. The Balaban J connectivity index is 1.72. The molecule has 94 valence electrons. The standard InChI is InChI=1S/C14H27NO/c1-2-15-14(12-7-3-4-8-12)11-16-13-9-5-6-10-13/h12-15H,2-11H2,1H3. The first-order chi connectivity index (χ1) is 7.90. The average molecular weight is 225 g/mol.